The summed E-state index contributed by atoms with van der Waals surface area (Å²) in [5, 5.41) is 2.90. The van der Waals surface area contributed by atoms with Crippen LogP contribution in [0.5, 0.6) is 11.5 Å². The van der Waals surface area contributed by atoms with Crippen molar-refractivity contribution >= 4 is 31.9 Å². The number of nitrogens with one attached hydrogen (secondary N) is 1. The van der Waals surface area contributed by atoms with Gasteiger partial charge < -0.3 is 14.8 Å². The van der Waals surface area contributed by atoms with Crippen molar-refractivity contribution in [3.8, 4) is 11.5 Å². The van der Waals surface area contributed by atoms with E-state index in [1.54, 1.807) is 38.5 Å². The standard InChI is InChI=1S/C26H29BrN2O5S/c1-19(21-9-14-24(33-2)25(17-21)34-3)28-26(30)18-29(16-15-20-7-5-4-6-8-20)35(31,32)23-12-10-22(27)11-13-23/h4-14,17,19H,15-16,18H2,1-3H3,(H,28,30). The minimum absolute atomic E-state index is 0.134. The molecule has 9 heteroatoms. The fourth-order valence-electron chi connectivity index (χ4n) is 3.59. The van der Waals surface area contributed by atoms with E-state index in [0.717, 1.165) is 15.6 Å². The Morgan fingerprint density at radius 3 is 2.26 bits per heavy atom. The number of sulfonamides is 1. The summed E-state index contributed by atoms with van der Waals surface area (Å²) < 4.78 is 39.4. The van der Waals surface area contributed by atoms with Gasteiger partial charge >= 0.3 is 0 Å². The number of hydrogen-bond donors (Lipinski definition) is 1. The second kappa shape index (κ2) is 12.2. The molecule has 0 aromatic heterocycles. The number of carbonyl (C=O) groups excluding carboxylic acids is 1. The van der Waals surface area contributed by atoms with Crippen molar-refractivity contribution < 1.29 is 22.7 Å². The van der Waals surface area contributed by atoms with Crippen molar-refractivity contribution in [2.75, 3.05) is 27.3 Å². The molecular formula is C26H29BrN2O5S. The molecule has 3 aromatic carbocycles. The largest absolute Gasteiger partial charge is 0.493 e. The highest BCUT2D eigenvalue weighted by molar-refractivity contribution is 9.10. The number of amides is 1. The van der Waals surface area contributed by atoms with Crippen LogP contribution < -0.4 is 14.8 Å². The first kappa shape index (κ1) is 26.7. The number of methoxy groups -OCH3 is 2. The van der Waals surface area contributed by atoms with Crippen LogP contribution in [0.4, 0.5) is 0 Å². The summed E-state index contributed by atoms with van der Waals surface area (Å²) >= 11 is 3.33. The SMILES string of the molecule is COc1ccc(C(C)NC(=O)CN(CCc2ccccc2)S(=O)(=O)c2ccc(Br)cc2)cc1OC. The van der Waals surface area contributed by atoms with E-state index in [4.69, 9.17) is 9.47 Å². The molecule has 0 fully saturated rings. The van der Waals surface area contributed by atoms with Gasteiger partial charge in [0, 0.05) is 11.0 Å². The second-order valence-corrected chi connectivity index (χ2v) is 10.8. The highest BCUT2D eigenvalue weighted by atomic mass is 79.9. The average Bonchev–Trinajstić information content (AvgIpc) is 2.86. The molecule has 1 N–H and O–H groups in total. The quantitative estimate of drug-likeness (QED) is 0.371. The summed E-state index contributed by atoms with van der Waals surface area (Å²) in [4.78, 5) is 13.1. The molecule has 0 aliphatic heterocycles. The third-order valence-corrected chi connectivity index (χ3v) is 7.94. The van der Waals surface area contributed by atoms with E-state index in [-0.39, 0.29) is 24.0 Å². The fourth-order valence-corrected chi connectivity index (χ4v) is 5.25. The second-order valence-electron chi connectivity index (χ2n) is 7.93. The van der Waals surface area contributed by atoms with Crippen LogP contribution >= 0.6 is 15.9 Å². The zero-order chi connectivity index (χ0) is 25.4. The molecule has 0 saturated carbocycles. The first-order valence-electron chi connectivity index (χ1n) is 11.1. The Kier molecular flexibility index (Phi) is 9.31. The molecule has 186 valence electrons. The lowest BCUT2D eigenvalue weighted by molar-refractivity contribution is -0.121. The van der Waals surface area contributed by atoms with Gasteiger partial charge in [0.25, 0.3) is 0 Å². The lowest BCUT2D eigenvalue weighted by Gasteiger charge is -2.23. The zero-order valence-electron chi connectivity index (χ0n) is 19.9. The molecular weight excluding hydrogens is 532 g/mol. The normalized spacial score (nSPS) is 12.3. The molecule has 35 heavy (non-hydrogen) atoms. The van der Waals surface area contributed by atoms with Gasteiger partial charge in [0.2, 0.25) is 15.9 Å². The van der Waals surface area contributed by atoms with E-state index in [1.165, 1.54) is 16.4 Å². The summed E-state index contributed by atoms with van der Waals surface area (Å²) in [6.07, 6.45) is 0.481. The predicted octanol–water partition coefficient (Wildman–Crippen LogP) is 4.58. The van der Waals surface area contributed by atoms with Crippen LogP contribution in [0.2, 0.25) is 0 Å². The molecule has 0 bridgehead atoms. The highest BCUT2D eigenvalue weighted by Crippen LogP contribution is 2.30. The van der Waals surface area contributed by atoms with Gasteiger partial charge in [-0.25, -0.2) is 8.42 Å². The lowest BCUT2D eigenvalue weighted by atomic mass is 10.1. The van der Waals surface area contributed by atoms with Crippen LogP contribution in [0, 0.1) is 0 Å². The molecule has 0 aliphatic carbocycles. The van der Waals surface area contributed by atoms with Crippen LogP contribution in [0.15, 0.2) is 82.2 Å². The van der Waals surface area contributed by atoms with E-state index in [2.05, 4.69) is 21.2 Å². The number of halogens is 1. The lowest BCUT2D eigenvalue weighted by Crippen LogP contribution is -2.42. The van der Waals surface area contributed by atoms with Crippen LogP contribution in [-0.2, 0) is 21.2 Å². The van der Waals surface area contributed by atoms with Crippen molar-refractivity contribution in [1.82, 2.24) is 9.62 Å². The number of nitrogens with zero attached hydrogens (tertiary/aromatic N) is 1. The van der Waals surface area contributed by atoms with E-state index >= 15 is 0 Å². The first-order chi connectivity index (χ1) is 16.7. The van der Waals surface area contributed by atoms with Crippen LogP contribution in [0.3, 0.4) is 0 Å². The van der Waals surface area contributed by atoms with Crippen LogP contribution in [0.1, 0.15) is 24.1 Å². The molecule has 0 aliphatic rings. The number of ether oxygens (including phenoxy) is 2. The fraction of sp³-hybridized carbons (Fsp3) is 0.269. The van der Waals surface area contributed by atoms with Crippen molar-refractivity contribution in [3.05, 3.63) is 88.4 Å². The van der Waals surface area contributed by atoms with E-state index in [9.17, 15) is 13.2 Å². The molecule has 7 nitrogen and oxygen atoms in total. The Labute approximate surface area is 215 Å². The molecule has 3 aromatic rings. The summed E-state index contributed by atoms with van der Waals surface area (Å²) in [6, 6.07) is 21.0. The average molecular weight is 561 g/mol. The van der Waals surface area contributed by atoms with Gasteiger partial charge in [0.1, 0.15) is 0 Å². The molecule has 1 amide bonds. The third-order valence-electron chi connectivity index (χ3n) is 5.55. The predicted molar refractivity (Wildman–Crippen MR) is 139 cm³/mol. The Balaban J connectivity index is 1.78. The molecule has 0 radical (unpaired) electrons. The van der Waals surface area contributed by atoms with Gasteiger partial charge in [-0.05, 0) is 60.9 Å². The van der Waals surface area contributed by atoms with Crippen molar-refractivity contribution in [2.45, 2.75) is 24.3 Å². The number of benzene rings is 3. The molecule has 1 unspecified atom stereocenters. The Morgan fingerprint density at radius 1 is 0.971 bits per heavy atom. The summed E-state index contributed by atoms with van der Waals surface area (Å²) in [5.41, 5.74) is 1.80. The smallest absolute Gasteiger partial charge is 0.243 e. The van der Waals surface area contributed by atoms with Gasteiger partial charge in [0.15, 0.2) is 11.5 Å². The molecule has 3 rings (SSSR count). The Bertz CT molecular complexity index is 1230. The molecule has 0 heterocycles. The third kappa shape index (κ3) is 7.06. The maximum atomic E-state index is 13.4. The molecule has 0 saturated heterocycles. The highest BCUT2D eigenvalue weighted by Gasteiger charge is 2.27. The van der Waals surface area contributed by atoms with E-state index in [1.807, 2.05) is 43.3 Å². The summed E-state index contributed by atoms with van der Waals surface area (Å²) in [5.74, 6) is 0.733. The van der Waals surface area contributed by atoms with Crippen LogP contribution in [-0.4, -0.2) is 45.9 Å². The van der Waals surface area contributed by atoms with Gasteiger partial charge in [-0.3, -0.25) is 4.79 Å². The Morgan fingerprint density at radius 2 is 1.63 bits per heavy atom. The minimum Gasteiger partial charge on any atom is -0.493 e. The van der Waals surface area contributed by atoms with Gasteiger partial charge in [-0.15, -0.1) is 0 Å². The topological polar surface area (TPSA) is 84.9 Å². The van der Waals surface area contributed by atoms with E-state index in [0.29, 0.717) is 17.9 Å². The number of carbonyl (C=O) groups is 1. The van der Waals surface area contributed by atoms with E-state index < -0.39 is 15.9 Å². The summed E-state index contributed by atoms with van der Waals surface area (Å²) in [6.45, 7) is 1.69. The van der Waals surface area contributed by atoms with Gasteiger partial charge in [-0.2, -0.15) is 4.31 Å². The maximum absolute atomic E-state index is 13.4. The van der Waals surface area contributed by atoms with Gasteiger partial charge in [0.05, 0.1) is 31.7 Å². The van der Waals surface area contributed by atoms with Gasteiger partial charge in [-0.1, -0.05) is 52.3 Å². The van der Waals surface area contributed by atoms with Crippen LogP contribution in [0.25, 0.3) is 0 Å². The zero-order valence-corrected chi connectivity index (χ0v) is 22.3. The maximum Gasteiger partial charge on any atom is 0.243 e. The minimum atomic E-state index is -3.89. The Hall–Kier alpha value is -2.88. The molecule has 0 spiro atoms. The monoisotopic (exact) mass is 560 g/mol. The van der Waals surface area contributed by atoms with Crippen molar-refractivity contribution in [3.63, 3.8) is 0 Å². The number of rotatable bonds is 11. The molecule has 1 atom stereocenters. The first-order valence-corrected chi connectivity index (χ1v) is 13.3. The summed E-state index contributed by atoms with van der Waals surface area (Å²) in [7, 11) is -0.790. The van der Waals surface area contributed by atoms with Crippen molar-refractivity contribution in [1.29, 1.82) is 0 Å². The number of hydrogen-bond acceptors (Lipinski definition) is 5. The van der Waals surface area contributed by atoms with Crippen molar-refractivity contribution in [2.24, 2.45) is 0 Å².